The number of nitrogens with zero attached hydrogens (tertiary/aromatic N) is 2. The maximum Gasteiger partial charge on any atom is 0.266 e. The second kappa shape index (κ2) is 7.61. The van der Waals surface area contributed by atoms with Crippen molar-refractivity contribution >= 4 is 22.6 Å². The Morgan fingerprint density at radius 2 is 1.92 bits per heavy atom. The predicted octanol–water partition coefficient (Wildman–Crippen LogP) is 4.37. The number of aromatic nitrogens is 2. The predicted molar refractivity (Wildman–Crippen MR) is 99.9 cm³/mol. The molecule has 2 aromatic carbocycles. The fourth-order valence-corrected chi connectivity index (χ4v) is 2.89. The highest BCUT2D eigenvalue weighted by atomic mass is 32.1. The Balaban J connectivity index is 1.66. The van der Waals surface area contributed by atoms with Gasteiger partial charge < -0.3 is 4.74 Å². The van der Waals surface area contributed by atoms with Crippen LogP contribution in [0.2, 0.25) is 0 Å². The number of rotatable bonds is 5. The fourth-order valence-electron chi connectivity index (χ4n) is 2.29. The van der Waals surface area contributed by atoms with Gasteiger partial charge in [0.1, 0.15) is 11.6 Å². The maximum atomic E-state index is 13.0. The van der Waals surface area contributed by atoms with E-state index < -0.39 is 6.10 Å². The molecular weight excluding hydrogens is 353 g/mol. The van der Waals surface area contributed by atoms with Gasteiger partial charge in [-0.2, -0.15) is 9.36 Å². The van der Waals surface area contributed by atoms with E-state index in [1.165, 1.54) is 12.1 Å². The van der Waals surface area contributed by atoms with E-state index in [2.05, 4.69) is 14.7 Å². The molecule has 1 aromatic heterocycles. The van der Waals surface area contributed by atoms with Crippen LogP contribution in [-0.4, -0.2) is 21.4 Å². The van der Waals surface area contributed by atoms with Crippen molar-refractivity contribution in [3.05, 3.63) is 59.4 Å². The van der Waals surface area contributed by atoms with Crippen molar-refractivity contribution < 1.29 is 13.9 Å². The third-order valence-corrected chi connectivity index (χ3v) is 4.62. The summed E-state index contributed by atoms with van der Waals surface area (Å²) in [6.07, 6.45) is -0.686. The van der Waals surface area contributed by atoms with Gasteiger partial charge in [0.05, 0.1) is 0 Å². The molecule has 7 heteroatoms. The molecule has 0 aliphatic carbocycles. The van der Waals surface area contributed by atoms with Crippen molar-refractivity contribution in [1.29, 1.82) is 0 Å². The molecule has 3 aromatic rings. The van der Waals surface area contributed by atoms with E-state index in [0.29, 0.717) is 22.3 Å². The number of nitrogens with one attached hydrogen (secondary N) is 1. The van der Waals surface area contributed by atoms with Crippen LogP contribution in [0.25, 0.3) is 11.4 Å². The molecule has 3 rings (SSSR count). The van der Waals surface area contributed by atoms with Crippen LogP contribution < -0.4 is 10.1 Å². The highest BCUT2D eigenvalue weighted by molar-refractivity contribution is 7.10. The Morgan fingerprint density at radius 1 is 1.19 bits per heavy atom. The molecule has 0 radical (unpaired) electrons. The molecule has 1 amide bonds. The smallest absolute Gasteiger partial charge is 0.266 e. The molecule has 26 heavy (non-hydrogen) atoms. The Bertz CT molecular complexity index is 925. The minimum absolute atomic E-state index is 0.312. The molecule has 0 saturated heterocycles. The fraction of sp³-hybridized carbons (Fsp3) is 0.211. The molecule has 0 fully saturated rings. The van der Waals surface area contributed by atoms with Gasteiger partial charge in [0.15, 0.2) is 11.9 Å². The van der Waals surface area contributed by atoms with Gasteiger partial charge in [-0.25, -0.2) is 4.39 Å². The quantitative estimate of drug-likeness (QED) is 0.723. The number of carbonyl (C=O) groups is 1. The maximum absolute atomic E-state index is 13.0. The average Bonchev–Trinajstić information content (AvgIpc) is 3.08. The third-order valence-electron chi connectivity index (χ3n) is 3.99. The Hall–Kier alpha value is -2.80. The van der Waals surface area contributed by atoms with Crippen LogP contribution in [0.4, 0.5) is 9.52 Å². The molecule has 5 nitrogen and oxygen atoms in total. The summed E-state index contributed by atoms with van der Waals surface area (Å²) in [5, 5.41) is 3.07. The van der Waals surface area contributed by atoms with Gasteiger partial charge in [0, 0.05) is 17.1 Å². The normalized spacial score (nSPS) is 11.8. The van der Waals surface area contributed by atoms with Crippen molar-refractivity contribution in [3.8, 4) is 17.1 Å². The molecule has 134 valence electrons. The number of anilines is 1. The van der Waals surface area contributed by atoms with Crippen LogP contribution >= 0.6 is 11.5 Å². The largest absolute Gasteiger partial charge is 0.481 e. The summed E-state index contributed by atoms with van der Waals surface area (Å²) in [7, 11) is 0. The minimum Gasteiger partial charge on any atom is -0.481 e. The first-order chi connectivity index (χ1) is 12.4. The topological polar surface area (TPSA) is 64.1 Å². The van der Waals surface area contributed by atoms with Crippen molar-refractivity contribution in [2.24, 2.45) is 0 Å². The van der Waals surface area contributed by atoms with E-state index in [9.17, 15) is 9.18 Å². The molecule has 0 aliphatic heterocycles. The minimum atomic E-state index is -0.686. The monoisotopic (exact) mass is 371 g/mol. The second-order valence-corrected chi connectivity index (χ2v) is 6.63. The highest BCUT2D eigenvalue weighted by Gasteiger charge is 2.18. The van der Waals surface area contributed by atoms with Crippen LogP contribution in [0.15, 0.2) is 42.5 Å². The lowest BCUT2D eigenvalue weighted by molar-refractivity contribution is -0.122. The van der Waals surface area contributed by atoms with Gasteiger partial charge in [-0.05, 0) is 62.2 Å². The van der Waals surface area contributed by atoms with Crippen LogP contribution in [0.1, 0.15) is 18.1 Å². The zero-order valence-corrected chi connectivity index (χ0v) is 15.4. The van der Waals surface area contributed by atoms with E-state index in [4.69, 9.17) is 4.74 Å². The molecule has 0 bridgehead atoms. The number of hydrogen-bond acceptors (Lipinski definition) is 5. The SMILES string of the molecule is Cc1cccc(O[C@@H](C)C(=O)Nc2nc(-c3ccc(F)cc3)ns2)c1C. The molecular formula is C19H18FN3O2S. The van der Waals surface area contributed by atoms with E-state index in [-0.39, 0.29) is 11.7 Å². The molecule has 0 unspecified atom stereocenters. The zero-order chi connectivity index (χ0) is 18.7. The zero-order valence-electron chi connectivity index (χ0n) is 14.6. The van der Waals surface area contributed by atoms with E-state index in [1.54, 1.807) is 19.1 Å². The Kier molecular flexibility index (Phi) is 5.27. The molecule has 1 heterocycles. The van der Waals surface area contributed by atoms with Gasteiger partial charge in [0.2, 0.25) is 5.13 Å². The summed E-state index contributed by atoms with van der Waals surface area (Å²) >= 11 is 1.06. The van der Waals surface area contributed by atoms with Crippen LogP contribution in [-0.2, 0) is 4.79 Å². The Morgan fingerprint density at radius 3 is 2.65 bits per heavy atom. The average molecular weight is 371 g/mol. The highest BCUT2D eigenvalue weighted by Crippen LogP contribution is 2.23. The van der Waals surface area contributed by atoms with E-state index in [1.807, 2.05) is 32.0 Å². The first-order valence-corrected chi connectivity index (χ1v) is 8.85. The lowest BCUT2D eigenvalue weighted by atomic mass is 10.1. The van der Waals surface area contributed by atoms with Crippen molar-refractivity contribution in [1.82, 2.24) is 9.36 Å². The molecule has 0 aliphatic rings. The standard InChI is InChI=1S/C19H18FN3O2S/c1-11-5-4-6-16(12(11)2)25-13(3)18(24)22-19-21-17(23-26-19)14-7-9-15(20)10-8-14/h4-10,13H,1-3H3,(H,21,22,23,24)/t13-/m0/s1. The van der Waals surface area contributed by atoms with Gasteiger partial charge in [0.25, 0.3) is 5.91 Å². The number of ether oxygens (including phenoxy) is 1. The molecule has 0 spiro atoms. The summed E-state index contributed by atoms with van der Waals surface area (Å²) in [4.78, 5) is 16.6. The first kappa shape index (κ1) is 18.0. The summed E-state index contributed by atoms with van der Waals surface area (Å²) in [6.45, 7) is 5.62. The van der Waals surface area contributed by atoms with Crippen molar-refractivity contribution in [2.45, 2.75) is 26.9 Å². The number of amides is 1. The molecule has 0 saturated carbocycles. The van der Waals surface area contributed by atoms with Crippen LogP contribution in [0, 0.1) is 19.7 Å². The summed E-state index contributed by atoms with van der Waals surface area (Å²) in [5.41, 5.74) is 2.78. The number of hydrogen-bond donors (Lipinski definition) is 1. The van der Waals surface area contributed by atoms with Gasteiger partial charge >= 0.3 is 0 Å². The van der Waals surface area contributed by atoms with E-state index >= 15 is 0 Å². The van der Waals surface area contributed by atoms with Gasteiger partial charge in [-0.1, -0.05) is 12.1 Å². The lowest BCUT2D eigenvalue weighted by Gasteiger charge is -2.16. The summed E-state index contributed by atoms with van der Waals surface area (Å²) in [5.74, 6) is 0.480. The second-order valence-electron chi connectivity index (χ2n) is 5.88. The summed E-state index contributed by atoms with van der Waals surface area (Å²) in [6, 6.07) is 11.6. The molecule has 1 atom stereocenters. The van der Waals surface area contributed by atoms with Crippen molar-refractivity contribution in [3.63, 3.8) is 0 Å². The van der Waals surface area contributed by atoms with Gasteiger partial charge in [-0.15, -0.1) is 0 Å². The van der Waals surface area contributed by atoms with Crippen molar-refractivity contribution in [2.75, 3.05) is 5.32 Å². The first-order valence-electron chi connectivity index (χ1n) is 8.07. The number of halogens is 1. The van der Waals surface area contributed by atoms with Crippen LogP contribution in [0.3, 0.4) is 0 Å². The summed E-state index contributed by atoms with van der Waals surface area (Å²) < 4.78 is 22.9. The number of aryl methyl sites for hydroxylation is 1. The number of benzene rings is 2. The van der Waals surface area contributed by atoms with Gasteiger partial charge in [-0.3, -0.25) is 10.1 Å². The lowest BCUT2D eigenvalue weighted by Crippen LogP contribution is -2.30. The molecule has 1 N–H and O–H groups in total. The van der Waals surface area contributed by atoms with E-state index in [0.717, 1.165) is 22.7 Å². The third kappa shape index (κ3) is 4.05. The number of carbonyl (C=O) groups excluding carboxylic acids is 1. The Labute approximate surface area is 155 Å². The van der Waals surface area contributed by atoms with Crippen LogP contribution in [0.5, 0.6) is 5.75 Å².